The Kier molecular flexibility index (Phi) is 17.0. The van der Waals surface area contributed by atoms with Crippen LogP contribution in [0.1, 0.15) is 52.9 Å². The Balaban J connectivity index is 0. The normalized spacial score (nSPS) is 17.9. The van der Waals surface area contributed by atoms with Crippen LogP contribution in [0.5, 0.6) is 0 Å². The predicted molar refractivity (Wildman–Crippen MR) is 85.2 cm³/mol. The van der Waals surface area contributed by atoms with Gasteiger partial charge in [0.1, 0.15) is 30.6 Å². The summed E-state index contributed by atoms with van der Waals surface area (Å²) in [6.45, 7) is 6.06. The van der Waals surface area contributed by atoms with E-state index in [9.17, 15) is 20.4 Å². The minimum Gasteiger partial charge on any atom is -0.394 e. The van der Waals surface area contributed by atoms with E-state index in [1.807, 2.05) is 0 Å². The number of unbranched alkanes of at least 4 members (excludes halogenated alkanes) is 3. The molecule has 0 saturated heterocycles. The van der Waals surface area contributed by atoms with Crippen LogP contribution in [-0.2, 0) is 0 Å². The van der Waals surface area contributed by atoms with Gasteiger partial charge in [-0.15, -0.1) is 0 Å². The quantitative estimate of drug-likeness (QED) is 0.198. The van der Waals surface area contributed by atoms with Crippen molar-refractivity contribution in [2.75, 3.05) is 13.2 Å². The number of aliphatic hydroxyl groups excluding tert-OH is 6. The maximum Gasteiger partial charge on any atom is 0.133 e. The van der Waals surface area contributed by atoms with Gasteiger partial charge in [-0.3, -0.25) is 5.32 Å². The predicted octanol–water partition coefficient (Wildman–Crippen LogP) is -0.673. The summed E-state index contributed by atoms with van der Waals surface area (Å²) in [6.07, 6.45) is -2.84. The van der Waals surface area contributed by atoms with Crippen molar-refractivity contribution in [1.29, 1.82) is 0 Å². The number of nitrogens with one attached hydrogen (secondary N) is 1. The summed E-state index contributed by atoms with van der Waals surface area (Å²) in [7, 11) is 0. The van der Waals surface area contributed by atoms with E-state index in [1.165, 1.54) is 6.42 Å². The number of aliphatic hydroxyl groups is 6. The molecule has 0 aliphatic rings. The van der Waals surface area contributed by atoms with Crippen molar-refractivity contribution in [1.82, 2.24) is 5.32 Å². The maximum absolute atomic E-state index is 9.59. The van der Waals surface area contributed by atoms with Crippen LogP contribution in [0.15, 0.2) is 0 Å². The molecule has 0 rings (SSSR count). The van der Waals surface area contributed by atoms with Crippen molar-refractivity contribution in [3.8, 4) is 0 Å². The number of hydrogen-bond donors (Lipinski definition) is 7. The van der Waals surface area contributed by atoms with Crippen molar-refractivity contribution in [2.24, 2.45) is 0 Å². The fraction of sp³-hybridized carbons (Fsp3) is 1.00. The first-order chi connectivity index (χ1) is 10.4. The molecule has 0 bridgehead atoms. The third-order valence-electron chi connectivity index (χ3n) is 2.99. The van der Waals surface area contributed by atoms with Gasteiger partial charge in [0, 0.05) is 0 Å². The molecule has 136 valence electrons. The molecule has 0 saturated carbocycles. The minimum absolute atomic E-state index is 0.476. The third-order valence-corrected chi connectivity index (χ3v) is 2.99. The summed E-state index contributed by atoms with van der Waals surface area (Å²) in [5.74, 6) is 0. The van der Waals surface area contributed by atoms with Gasteiger partial charge in [-0.25, -0.2) is 0 Å². The standard InChI is InChI=1S/C12H27NO6.C3H8/c1-2-3-4-5-6-13-12(19)11(18)10(17)9(16)8(15)7-14;1-3-2/h8-19H,2-7H2,1H3;3H2,1-2H3/t8-,9-,10+,11-,12?;/m1./s1. The molecule has 0 heterocycles. The second kappa shape index (κ2) is 15.6. The van der Waals surface area contributed by atoms with Crippen LogP contribution in [0, 0.1) is 0 Å². The molecule has 0 aromatic heterocycles. The Hall–Kier alpha value is -0.280. The van der Waals surface area contributed by atoms with Gasteiger partial charge in [0.2, 0.25) is 0 Å². The van der Waals surface area contributed by atoms with Gasteiger partial charge in [0.25, 0.3) is 0 Å². The summed E-state index contributed by atoms with van der Waals surface area (Å²) in [4.78, 5) is 0. The Labute approximate surface area is 133 Å². The average molecular weight is 325 g/mol. The molecule has 0 fully saturated rings. The molecule has 0 spiro atoms. The monoisotopic (exact) mass is 325 g/mol. The first-order valence-corrected chi connectivity index (χ1v) is 8.11. The van der Waals surface area contributed by atoms with Crippen molar-refractivity contribution in [2.45, 2.75) is 83.5 Å². The SMILES string of the molecule is CCC.CCCCCCNC(O)[C@H](O)[C@@H](O)[C@H](O)[C@H](O)CO. The van der Waals surface area contributed by atoms with E-state index in [0.29, 0.717) is 6.54 Å². The zero-order valence-electron chi connectivity index (χ0n) is 14.0. The third kappa shape index (κ3) is 11.3. The Morgan fingerprint density at radius 2 is 1.32 bits per heavy atom. The zero-order valence-corrected chi connectivity index (χ0v) is 14.0. The molecule has 1 unspecified atom stereocenters. The molecule has 22 heavy (non-hydrogen) atoms. The van der Waals surface area contributed by atoms with Crippen LogP contribution < -0.4 is 5.32 Å². The lowest BCUT2D eigenvalue weighted by Crippen LogP contribution is -2.53. The molecule has 7 nitrogen and oxygen atoms in total. The molecular formula is C15H35NO6. The van der Waals surface area contributed by atoms with Gasteiger partial charge in [-0.05, 0) is 13.0 Å². The number of hydrogen-bond acceptors (Lipinski definition) is 7. The highest BCUT2D eigenvalue weighted by atomic mass is 16.4. The summed E-state index contributed by atoms with van der Waals surface area (Å²) < 4.78 is 0. The first-order valence-electron chi connectivity index (χ1n) is 8.11. The van der Waals surface area contributed by atoms with Gasteiger partial charge < -0.3 is 30.6 Å². The molecule has 0 amide bonds. The second-order valence-electron chi connectivity index (χ2n) is 5.39. The van der Waals surface area contributed by atoms with E-state index < -0.39 is 37.3 Å². The summed E-state index contributed by atoms with van der Waals surface area (Å²) in [5, 5.41) is 58.4. The lowest BCUT2D eigenvalue weighted by molar-refractivity contribution is -0.145. The molecule has 7 heteroatoms. The van der Waals surface area contributed by atoms with E-state index in [1.54, 1.807) is 0 Å². The highest BCUT2D eigenvalue weighted by Crippen LogP contribution is 2.07. The lowest BCUT2D eigenvalue weighted by atomic mass is 10.0. The fourth-order valence-corrected chi connectivity index (χ4v) is 1.65. The maximum atomic E-state index is 9.59. The van der Waals surface area contributed by atoms with Gasteiger partial charge in [-0.2, -0.15) is 0 Å². The Morgan fingerprint density at radius 1 is 0.773 bits per heavy atom. The van der Waals surface area contributed by atoms with Gasteiger partial charge in [0.05, 0.1) is 6.61 Å². The van der Waals surface area contributed by atoms with Crippen LogP contribution in [0.25, 0.3) is 0 Å². The summed E-state index contributed by atoms with van der Waals surface area (Å²) in [6, 6.07) is 0. The molecular weight excluding hydrogens is 290 g/mol. The molecule has 0 aromatic rings. The van der Waals surface area contributed by atoms with E-state index in [2.05, 4.69) is 26.1 Å². The van der Waals surface area contributed by atoms with Gasteiger partial charge >= 0.3 is 0 Å². The summed E-state index contributed by atoms with van der Waals surface area (Å²) in [5.41, 5.74) is 0. The largest absolute Gasteiger partial charge is 0.394 e. The van der Waals surface area contributed by atoms with E-state index in [4.69, 9.17) is 10.2 Å². The van der Waals surface area contributed by atoms with E-state index in [0.717, 1.165) is 25.7 Å². The molecule has 0 aliphatic carbocycles. The number of rotatable bonds is 11. The summed E-state index contributed by atoms with van der Waals surface area (Å²) >= 11 is 0. The van der Waals surface area contributed by atoms with Gasteiger partial charge in [-0.1, -0.05) is 46.5 Å². The van der Waals surface area contributed by atoms with Gasteiger partial charge in [0.15, 0.2) is 0 Å². The van der Waals surface area contributed by atoms with Crippen LogP contribution in [0.4, 0.5) is 0 Å². The lowest BCUT2D eigenvalue weighted by Gasteiger charge is -2.28. The van der Waals surface area contributed by atoms with Crippen molar-refractivity contribution in [3.05, 3.63) is 0 Å². The molecule has 0 radical (unpaired) electrons. The molecule has 0 aromatic carbocycles. The van der Waals surface area contributed by atoms with E-state index >= 15 is 0 Å². The first kappa shape index (κ1) is 24.0. The van der Waals surface area contributed by atoms with Crippen LogP contribution in [0.2, 0.25) is 0 Å². The topological polar surface area (TPSA) is 133 Å². The zero-order chi connectivity index (χ0) is 17.5. The van der Waals surface area contributed by atoms with Crippen molar-refractivity contribution < 1.29 is 30.6 Å². The Bertz CT molecular complexity index is 232. The average Bonchev–Trinajstić information content (AvgIpc) is 2.52. The van der Waals surface area contributed by atoms with Crippen LogP contribution >= 0.6 is 0 Å². The smallest absolute Gasteiger partial charge is 0.133 e. The highest BCUT2D eigenvalue weighted by Gasteiger charge is 2.33. The van der Waals surface area contributed by atoms with Crippen molar-refractivity contribution >= 4 is 0 Å². The highest BCUT2D eigenvalue weighted by molar-refractivity contribution is 4.83. The van der Waals surface area contributed by atoms with Crippen LogP contribution in [0.3, 0.4) is 0 Å². The molecule has 7 N–H and O–H groups in total. The van der Waals surface area contributed by atoms with Crippen LogP contribution in [-0.4, -0.2) is 74.4 Å². The second-order valence-corrected chi connectivity index (χ2v) is 5.39. The molecule has 5 atom stereocenters. The minimum atomic E-state index is -1.75. The van der Waals surface area contributed by atoms with E-state index in [-0.39, 0.29) is 0 Å². The van der Waals surface area contributed by atoms with Crippen molar-refractivity contribution in [3.63, 3.8) is 0 Å². The Morgan fingerprint density at radius 3 is 1.77 bits per heavy atom. The fourth-order valence-electron chi connectivity index (χ4n) is 1.65. The molecule has 0 aliphatic heterocycles.